The van der Waals surface area contributed by atoms with Gasteiger partial charge in [-0.3, -0.25) is 10.1 Å². The van der Waals surface area contributed by atoms with Crippen LogP contribution < -0.4 is 4.90 Å². The van der Waals surface area contributed by atoms with Crippen molar-refractivity contribution in [3.05, 3.63) is 100 Å². The number of nitro groups is 1. The molecule has 0 radical (unpaired) electrons. The van der Waals surface area contributed by atoms with Crippen LogP contribution in [0.15, 0.2) is 83.9 Å². The van der Waals surface area contributed by atoms with Gasteiger partial charge >= 0.3 is 0 Å². The molecule has 6 heteroatoms. The van der Waals surface area contributed by atoms with Gasteiger partial charge in [0, 0.05) is 30.8 Å². The van der Waals surface area contributed by atoms with Crippen LogP contribution >= 0.6 is 0 Å². The van der Waals surface area contributed by atoms with E-state index in [0.717, 1.165) is 29.1 Å². The van der Waals surface area contributed by atoms with E-state index >= 15 is 0 Å². The van der Waals surface area contributed by atoms with Gasteiger partial charge in [-0.2, -0.15) is 0 Å². The second kappa shape index (κ2) is 8.88. The molecule has 0 N–H and O–H groups in total. The van der Waals surface area contributed by atoms with Crippen molar-refractivity contribution in [3.8, 4) is 0 Å². The molecule has 0 bridgehead atoms. The molecule has 1 heterocycles. The number of aliphatic imine (C=N–C) groups is 1. The molecule has 152 valence electrons. The monoisotopic (exact) mass is 401 g/mol. The van der Waals surface area contributed by atoms with Gasteiger partial charge < -0.3 is 9.64 Å². The van der Waals surface area contributed by atoms with Crippen LogP contribution in [0.4, 0.5) is 17.1 Å². The van der Waals surface area contributed by atoms with E-state index in [-0.39, 0.29) is 11.9 Å². The summed E-state index contributed by atoms with van der Waals surface area (Å²) in [5.74, 6) is 0. The Morgan fingerprint density at radius 2 is 1.70 bits per heavy atom. The molecule has 0 saturated heterocycles. The van der Waals surface area contributed by atoms with E-state index in [0.29, 0.717) is 13.2 Å². The molecular weight excluding hydrogens is 378 g/mol. The molecule has 1 aliphatic heterocycles. The summed E-state index contributed by atoms with van der Waals surface area (Å²) in [5, 5.41) is 11.1. The van der Waals surface area contributed by atoms with Gasteiger partial charge in [0.25, 0.3) is 5.69 Å². The number of hydrogen-bond donors (Lipinski definition) is 0. The first-order valence-electron chi connectivity index (χ1n) is 10.0. The zero-order valence-corrected chi connectivity index (χ0v) is 16.8. The third kappa shape index (κ3) is 4.09. The second-order valence-electron chi connectivity index (χ2n) is 7.13. The van der Waals surface area contributed by atoms with Gasteiger partial charge in [0.15, 0.2) is 6.23 Å². The maximum absolute atomic E-state index is 11.1. The lowest BCUT2D eigenvalue weighted by Crippen LogP contribution is -2.45. The Balaban J connectivity index is 1.79. The van der Waals surface area contributed by atoms with E-state index in [1.807, 2.05) is 36.4 Å². The molecule has 1 aliphatic rings. The van der Waals surface area contributed by atoms with Crippen molar-refractivity contribution in [1.29, 1.82) is 0 Å². The Bertz CT molecular complexity index is 1050. The molecule has 6 nitrogen and oxygen atoms in total. The Hall–Kier alpha value is -3.51. The first-order chi connectivity index (χ1) is 14.7. The van der Waals surface area contributed by atoms with Crippen molar-refractivity contribution < 1.29 is 9.66 Å². The van der Waals surface area contributed by atoms with Crippen molar-refractivity contribution in [3.63, 3.8) is 0 Å². The molecule has 3 aromatic rings. The maximum atomic E-state index is 11.1. The number of anilines is 1. The summed E-state index contributed by atoms with van der Waals surface area (Å²) >= 11 is 0. The molecule has 0 aliphatic carbocycles. The van der Waals surface area contributed by atoms with E-state index in [2.05, 4.69) is 30.0 Å². The SMILES string of the molecule is CCCOC1C(c2ccc([N+](=O)[O-])cc2)=Nc2ccccc2N1Cc1ccccc1. The summed E-state index contributed by atoms with van der Waals surface area (Å²) in [6.45, 7) is 3.32. The largest absolute Gasteiger partial charge is 0.352 e. The molecule has 0 spiro atoms. The van der Waals surface area contributed by atoms with Gasteiger partial charge in [-0.25, -0.2) is 4.99 Å². The molecule has 1 atom stereocenters. The molecule has 0 aromatic heterocycles. The topological polar surface area (TPSA) is 68.0 Å². The lowest BCUT2D eigenvalue weighted by Gasteiger charge is -2.38. The minimum Gasteiger partial charge on any atom is -0.352 e. The third-order valence-corrected chi connectivity index (χ3v) is 5.00. The fourth-order valence-electron chi connectivity index (χ4n) is 3.57. The van der Waals surface area contributed by atoms with Crippen molar-refractivity contribution in [1.82, 2.24) is 0 Å². The van der Waals surface area contributed by atoms with Crippen LogP contribution in [0.5, 0.6) is 0 Å². The van der Waals surface area contributed by atoms with Crippen LogP contribution in [-0.4, -0.2) is 23.5 Å². The predicted octanol–water partition coefficient (Wildman–Crippen LogP) is 5.49. The summed E-state index contributed by atoms with van der Waals surface area (Å²) in [7, 11) is 0. The number of ether oxygens (including phenoxy) is 1. The third-order valence-electron chi connectivity index (χ3n) is 5.00. The van der Waals surface area contributed by atoms with Crippen molar-refractivity contribution in [2.75, 3.05) is 11.5 Å². The molecule has 0 saturated carbocycles. The predicted molar refractivity (Wildman–Crippen MR) is 118 cm³/mol. The van der Waals surface area contributed by atoms with Crippen molar-refractivity contribution >= 4 is 22.8 Å². The normalized spacial score (nSPS) is 15.4. The average Bonchev–Trinajstić information content (AvgIpc) is 2.79. The summed E-state index contributed by atoms with van der Waals surface area (Å²) < 4.78 is 6.28. The van der Waals surface area contributed by atoms with Crippen LogP contribution in [0.2, 0.25) is 0 Å². The summed E-state index contributed by atoms with van der Waals surface area (Å²) in [6, 6.07) is 24.7. The zero-order chi connectivity index (χ0) is 20.9. The summed E-state index contributed by atoms with van der Waals surface area (Å²) in [5.41, 5.74) is 4.67. The van der Waals surface area contributed by atoms with Gasteiger partial charge in [-0.05, 0) is 36.2 Å². The number of hydrogen-bond acceptors (Lipinski definition) is 5. The van der Waals surface area contributed by atoms with E-state index < -0.39 is 4.92 Å². The van der Waals surface area contributed by atoms with Crippen LogP contribution in [0.3, 0.4) is 0 Å². The number of non-ortho nitro benzene ring substituents is 1. The number of nitrogens with zero attached hydrogens (tertiary/aromatic N) is 3. The Morgan fingerprint density at radius 1 is 1.00 bits per heavy atom. The first kappa shape index (κ1) is 19.8. The van der Waals surface area contributed by atoms with Gasteiger partial charge in [0.2, 0.25) is 0 Å². The Morgan fingerprint density at radius 3 is 2.40 bits per heavy atom. The number of nitro benzene ring substituents is 1. The van der Waals surface area contributed by atoms with Crippen LogP contribution in [-0.2, 0) is 11.3 Å². The minimum atomic E-state index is -0.394. The highest BCUT2D eigenvalue weighted by atomic mass is 16.6. The standard InChI is InChI=1S/C24H23N3O3/c1-2-16-30-24-23(19-12-14-20(15-13-19)27(28)29)25-21-10-6-7-11-22(21)26(24)17-18-8-4-3-5-9-18/h3-15,24H,2,16-17H2,1H3. The molecule has 30 heavy (non-hydrogen) atoms. The fraction of sp³-hybridized carbons (Fsp3) is 0.208. The zero-order valence-electron chi connectivity index (χ0n) is 16.8. The molecular formula is C24H23N3O3. The van der Waals surface area contributed by atoms with Gasteiger partial charge in [0.05, 0.1) is 22.0 Å². The van der Waals surface area contributed by atoms with Crippen molar-refractivity contribution in [2.24, 2.45) is 4.99 Å². The number of benzene rings is 3. The minimum absolute atomic E-state index is 0.0581. The van der Waals surface area contributed by atoms with Crippen LogP contribution in [0.25, 0.3) is 0 Å². The maximum Gasteiger partial charge on any atom is 0.269 e. The number of rotatable bonds is 7. The van der Waals surface area contributed by atoms with E-state index in [9.17, 15) is 10.1 Å². The lowest BCUT2D eigenvalue weighted by atomic mass is 10.0. The average molecular weight is 401 g/mol. The molecule has 3 aromatic carbocycles. The smallest absolute Gasteiger partial charge is 0.269 e. The molecule has 1 unspecified atom stereocenters. The summed E-state index contributed by atoms with van der Waals surface area (Å²) in [6.07, 6.45) is 0.492. The van der Waals surface area contributed by atoms with Crippen LogP contribution in [0, 0.1) is 10.1 Å². The van der Waals surface area contributed by atoms with Gasteiger partial charge in [-0.1, -0.05) is 49.4 Å². The number of fused-ring (bicyclic) bond motifs is 1. The Labute approximate surface area is 175 Å². The Kier molecular flexibility index (Phi) is 5.86. The van der Waals surface area contributed by atoms with Gasteiger partial charge in [0.1, 0.15) is 0 Å². The molecule has 0 fully saturated rings. The quantitative estimate of drug-likeness (QED) is 0.388. The van der Waals surface area contributed by atoms with E-state index in [4.69, 9.17) is 9.73 Å². The lowest BCUT2D eigenvalue weighted by molar-refractivity contribution is -0.384. The molecule has 0 amide bonds. The van der Waals surface area contributed by atoms with Crippen LogP contribution in [0.1, 0.15) is 24.5 Å². The van der Waals surface area contributed by atoms with Crippen molar-refractivity contribution in [2.45, 2.75) is 26.1 Å². The fourth-order valence-corrected chi connectivity index (χ4v) is 3.57. The highest BCUT2D eigenvalue weighted by Gasteiger charge is 2.32. The highest BCUT2D eigenvalue weighted by molar-refractivity contribution is 6.09. The molecule has 4 rings (SSSR count). The van der Waals surface area contributed by atoms with E-state index in [1.54, 1.807) is 12.1 Å². The van der Waals surface area contributed by atoms with E-state index in [1.165, 1.54) is 17.7 Å². The number of para-hydroxylation sites is 2. The highest BCUT2D eigenvalue weighted by Crippen LogP contribution is 2.37. The first-order valence-corrected chi connectivity index (χ1v) is 10.0. The summed E-state index contributed by atoms with van der Waals surface area (Å²) in [4.78, 5) is 17.8. The second-order valence-corrected chi connectivity index (χ2v) is 7.13. The van der Waals surface area contributed by atoms with Gasteiger partial charge in [-0.15, -0.1) is 0 Å².